The number of nitrogens with one attached hydrogen (secondary N) is 1. The summed E-state index contributed by atoms with van der Waals surface area (Å²) in [5.41, 5.74) is 1.56. The fourth-order valence-electron chi connectivity index (χ4n) is 2.41. The van der Waals surface area contributed by atoms with E-state index in [4.69, 9.17) is 0 Å². The molecule has 0 aromatic carbocycles. The standard InChI is InChI=1S/C15H19N3O2S/c1-3-4-5-14(20)17-15-12(8-16)11-6-7-18(10(2)19)9-13(11)21-15/h3-7,9H2,1-2H3,(H,17,20). The lowest BCUT2D eigenvalue weighted by molar-refractivity contribution is -0.129. The van der Waals surface area contributed by atoms with Gasteiger partial charge in [0.05, 0.1) is 12.1 Å². The van der Waals surface area contributed by atoms with Gasteiger partial charge in [0.15, 0.2) is 0 Å². The van der Waals surface area contributed by atoms with Gasteiger partial charge in [0.2, 0.25) is 11.8 Å². The van der Waals surface area contributed by atoms with Crippen LogP contribution in [0.4, 0.5) is 5.00 Å². The van der Waals surface area contributed by atoms with Crippen molar-refractivity contribution in [2.75, 3.05) is 11.9 Å². The molecule has 2 amide bonds. The fourth-order valence-corrected chi connectivity index (χ4v) is 3.63. The van der Waals surface area contributed by atoms with Gasteiger partial charge in [-0.1, -0.05) is 13.3 Å². The second-order valence-corrected chi connectivity index (χ2v) is 6.27. The van der Waals surface area contributed by atoms with Gasteiger partial charge >= 0.3 is 0 Å². The lowest BCUT2D eigenvalue weighted by atomic mass is 10.0. The minimum atomic E-state index is -0.0460. The molecule has 2 rings (SSSR count). The Hall–Kier alpha value is -1.87. The number of unbranched alkanes of at least 4 members (excludes halogenated alkanes) is 1. The van der Waals surface area contributed by atoms with Crippen LogP contribution >= 0.6 is 11.3 Å². The number of hydrogen-bond donors (Lipinski definition) is 1. The molecule has 0 radical (unpaired) electrons. The van der Waals surface area contributed by atoms with Gasteiger partial charge in [0.1, 0.15) is 11.1 Å². The molecular formula is C15H19N3O2S. The molecule has 0 fully saturated rings. The van der Waals surface area contributed by atoms with Crippen molar-refractivity contribution in [1.82, 2.24) is 4.90 Å². The van der Waals surface area contributed by atoms with E-state index in [0.717, 1.165) is 23.3 Å². The molecule has 1 aromatic rings. The highest BCUT2D eigenvalue weighted by Gasteiger charge is 2.26. The van der Waals surface area contributed by atoms with Crippen LogP contribution < -0.4 is 5.32 Å². The maximum absolute atomic E-state index is 11.8. The number of nitriles is 1. The summed E-state index contributed by atoms with van der Waals surface area (Å²) in [4.78, 5) is 26.1. The number of carbonyl (C=O) groups is 2. The van der Waals surface area contributed by atoms with Crippen molar-refractivity contribution in [2.24, 2.45) is 0 Å². The highest BCUT2D eigenvalue weighted by atomic mass is 32.1. The topological polar surface area (TPSA) is 73.2 Å². The molecule has 0 saturated carbocycles. The average Bonchev–Trinajstić information content (AvgIpc) is 2.80. The Balaban J connectivity index is 2.19. The zero-order chi connectivity index (χ0) is 15.4. The van der Waals surface area contributed by atoms with E-state index in [9.17, 15) is 14.9 Å². The molecule has 112 valence electrons. The molecule has 0 unspecified atom stereocenters. The van der Waals surface area contributed by atoms with Crippen molar-refractivity contribution in [2.45, 2.75) is 46.1 Å². The van der Waals surface area contributed by atoms with Crippen LogP contribution in [0.5, 0.6) is 0 Å². The fraction of sp³-hybridized carbons (Fsp3) is 0.533. The maximum atomic E-state index is 11.8. The van der Waals surface area contributed by atoms with Gasteiger partial charge in [0.25, 0.3) is 0 Å². The largest absolute Gasteiger partial charge is 0.337 e. The third-order valence-electron chi connectivity index (χ3n) is 3.62. The van der Waals surface area contributed by atoms with Crippen LogP contribution in [0.2, 0.25) is 0 Å². The minimum Gasteiger partial charge on any atom is -0.337 e. The number of nitrogens with zero attached hydrogens (tertiary/aromatic N) is 2. The van der Waals surface area contributed by atoms with Crippen LogP contribution in [0.25, 0.3) is 0 Å². The summed E-state index contributed by atoms with van der Waals surface area (Å²) in [7, 11) is 0. The molecule has 5 nitrogen and oxygen atoms in total. The monoisotopic (exact) mass is 305 g/mol. The van der Waals surface area contributed by atoms with Crippen molar-refractivity contribution in [3.05, 3.63) is 16.0 Å². The number of carbonyl (C=O) groups excluding carboxylic acids is 2. The third-order valence-corrected chi connectivity index (χ3v) is 4.76. The van der Waals surface area contributed by atoms with E-state index in [0.29, 0.717) is 36.5 Å². The van der Waals surface area contributed by atoms with Gasteiger partial charge < -0.3 is 10.2 Å². The molecule has 6 heteroatoms. The summed E-state index contributed by atoms with van der Waals surface area (Å²) in [5, 5.41) is 12.8. The second kappa shape index (κ2) is 6.72. The summed E-state index contributed by atoms with van der Waals surface area (Å²) in [6.45, 7) is 4.76. The van der Waals surface area contributed by atoms with E-state index in [1.165, 1.54) is 11.3 Å². The van der Waals surface area contributed by atoms with E-state index >= 15 is 0 Å². The van der Waals surface area contributed by atoms with Crippen LogP contribution in [0, 0.1) is 11.3 Å². The molecular weight excluding hydrogens is 286 g/mol. The van der Waals surface area contributed by atoms with Crippen molar-refractivity contribution >= 4 is 28.2 Å². The van der Waals surface area contributed by atoms with Gasteiger partial charge in [0, 0.05) is 24.8 Å². The molecule has 0 spiro atoms. The smallest absolute Gasteiger partial charge is 0.225 e. The molecule has 1 aliphatic heterocycles. The number of fused-ring (bicyclic) bond motifs is 1. The SMILES string of the molecule is CCCCC(=O)Nc1sc2c(c1C#N)CCN(C(C)=O)C2. The predicted octanol–water partition coefficient (Wildman–Crippen LogP) is 2.65. The molecule has 1 aromatic heterocycles. The quantitative estimate of drug-likeness (QED) is 0.929. The number of thiophene rings is 1. The van der Waals surface area contributed by atoms with Crippen molar-refractivity contribution in [3.8, 4) is 6.07 Å². The maximum Gasteiger partial charge on any atom is 0.225 e. The predicted molar refractivity (Wildman–Crippen MR) is 82.0 cm³/mol. The van der Waals surface area contributed by atoms with Gasteiger partial charge in [-0.3, -0.25) is 9.59 Å². The van der Waals surface area contributed by atoms with Crippen LogP contribution in [0.3, 0.4) is 0 Å². The lowest BCUT2D eigenvalue weighted by Crippen LogP contribution is -2.33. The normalized spacial score (nSPS) is 13.5. The third kappa shape index (κ3) is 3.42. The Morgan fingerprint density at radius 1 is 1.48 bits per heavy atom. The van der Waals surface area contributed by atoms with Crippen molar-refractivity contribution in [1.29, 1.82) is 5.26 Å². The Labute approximate surface area is 128 Å². The zero-order valence-electron chi connectivity index (χ0n) is 12.4. The summed E-state index contributed by atoms with van der Waals surface area (Å²) < 4.78 is 0. The molecule has 0 bridgehead atoms. The number of rotatable bonds is 4. The van der Waals surface area contributed by atoms with Gasteiger partial charge in [-0.2, -0.15) is 5.26 Å². The summed E-state index contributed by atoms with van der Waals surface area (Å²) in [6, 6.07) is 2.20. The first kappa shape index (κ1) is 15.5. The van der Waals surface area contributed by atoms with Gasteiger partial charge in [-0.05, 0) is 18.4 Å². The van der Waals surface area contributed by atoms with Crippen molar-refractivity contribution in [3.63, 3.8) is 0 Å². The Bertz CT molecular complexity index is 601. The van der Waals surface area contributed by atoms with Crippen LogP contribution in [-0.4, -0.2) is 23.3 Å². The summed E-state index contributed by atoms with van der Waals surface area (Å²) in [5.74, 6) is -0.00328. The molecule has 2 heterocycles. The van der Waals surface area contributed by atoms with Gasteiger partial charge in [-0.25, -0.2) is 0 Å². The Morgan fingerprint density at radius 3 is 2.86 bits per heavy atom. The minimum absolute atomic E-state index is 0.0427. The highest BCUT2D eigenvalue weighted by molar-refractivity contribution is 7.16. The van der Waals surface area contributed by atoms with E-state index < -0.39 is 0 Å². The highest BCUT2D eigenvalue weighted by Crippen LogP contribution is 2.36. The number of hydrogen-bond acceptors (Lipinski definition) is 4. The van der Waals surface area contributed by atoms with E-state index in [-0.39, 0.29) is 11.8 Å². The lowest BCUT2D eigenvalue weighted by Gasteiger charge is -2.25. The average molecular weight is 305 g/mol. The Morgan fingerprint density at radius 2 is 2.24 bits per heavy atom. The molecule has 1 N–H and O–H groups in total. The molecule has 0 atom stereocenters. The first-order chi connectivity index (χ1) is 10.1. The molecule has 1 aliphatic rings. The van der Waals surface area contributed by atoms with Crippen molar-refractivity contribution < 1.29 is 9.59 Å². The van der Waals surface area contributed by atoms with Gasteiger partial charge in [-0.15, -0.1) is 11.3 Å². The Kier molecular flexibility index (Phi) is 4.97. The molecule has 0 aliphatic carbocycles. The van der Waals surface area contributed by atoms with Crippen LogP contribution in [-0.2, 0) is 22.6 Å². The zero-order valence-corrected chi connectivity index (χ0v) is 13.2. The first-order valence-corrected chi connectivity index (χ1v) is 7.98. The van der Waals surface area contributed by atoms with E-state index in [2.05, 4.69) is 11.4 Å². The summed E-state index contributed by atoms with van der Waals surface area (Å²) >= 11 is 1.42. The molecule has 0 saturated heterocycles. The first-order valence-electron chi connectivity index (χ1n) is 7.16. The van der Waals surface area contributed by atoms with E-state index in [1.807, 2.05) is 6.92 Å². The van der Waals surface area contributed by atoms with Crippen LogP contribution in [0.15, 0.2) is 0 Å². The van der Waals surface area contributed by atoms with Crippen LogP contribution in [0.1, 0.15) is 49.1 Å². The number of anilines is 1. The molecule has 21 heavy (non-hydrogen) atoms. The summed E-state index contributed by atoms with van der Waals surface area (Å²) in [6.07, 6.45) is 2.96. The number of amides is 2. The van der Waals surface area contributed by atoms with E-state index in [1.54, 1.807) is 11.8 Å². The second-order valence-electron chi connectivity index (χ2n) is 5.16.